The Morgan fingerprint density at radius 2 is 2.00 bits per heavy atom. The normalized spacial score (nSPS) is 13.1. The maximum atomic E-state index is 12.7. The number of rotatable bonds is 3. The largest absolute Gasteiger partial charge is 0.416 e. The van der Waals surface area contributed by atoms with E-state index in [0.717, 1.165) is 12.1 Å². The molecule has 20 heavy (non-hydrogen) atoms. The first kappa shape index (κ1) is 14.6. The van der Waals surface area contributed by atoms with E-state index in [0.29, 0.717) is 11.4 Å². The Morgan fingerprint density at radius 3 is 2.65 bits per heavy atom. The predicted octanol–water partition coefficient (Wildman–Crippen LogP) is 4.32. The fraction of sp³-hybridized carbons (Fsp3) is 0.231. The number of halogens is 4. The van der Waals surface area contributed by atoms with Gasteiger partial charge in [-0.15, -0.1) is 0 Å². The molecule has 0 aliphatic carbocycles. The van der Waals surface area contributed by atoms with Crippen molar-refractivity contribution in [2.45, 2.75) is 19.1 Å². The second kappa shape index (κ2) is 5.66. The molecule has 1 atom stereocenters. The molecule has 0 aliphatic rings. The maximum absolute atomic E-state index is 12.7. The third-order valence-corrected chi connectivity index (χ3v) is 2.87. The zero-order chi connectivity index (χ0) is 14.8. The van der Waals surface area contributed by atoms with Crippen LogP contribution in [0.15, 0.2) is 36.7 Å². The summed E-state index contributed by atoms with van der Waals surface area (Å²) in [6, 6.07) is 4.78. The summed E-state index contributed by atoms with van der Waals surface area (Å²) in [5.74, 6) is 0.405. The van der Waals surface area contributed by atoms with Gasteiger partial charge in [0.2, 0.25) is 0 Å². The van der Waals surface area contributed by atoms with E-state index in [2.05, 4.69) is 15.3 Å². The molecule has 1 N–H and O–H groups in total. The monoisotopic (exact) mass is 301 g/mol. The van der Waals surface area contributed by atoms with E-state index in [-0.39, 0.29) is 11.2 Å². The summed E-state index contributed by atoms with van der Waals surface area (Å²) in [7, 11) is 0. The van der Waals surface area contributed by atoms with Crippen LogP contribution in [0.25, 0.3) is 0 Å². The quantitative estimate of drug-likeness (QED) is 0.917. The van der Waals surface area contributed by atoms with Gasteiger partial charge in [-0.1, -0.05) is 23.7 Å². The van der Waals surface area contributed by atoms with Crippen LogP contribution in [0, 0.1) is 0 Å². The average Bonchev–Trinajstić information content (AvgIpc) is 2.38. The lowest BCUT2D eigenvalue weighted by Gasteiger charge is -2.16. The van der Waals surface area contributed by atoms with Gasteiger partial charge < -0.3 is 5.32 Å². The molecule has 0 saturated heterocycles. The minimum Gasteiger partial charge on any atom is -0.362 e. The highest BCUT2D eigenvalue weighted by molar-refractivity contribution is 6.29. The second-order valence-corrected chi connectivity index (χ2v) is 4.60. The zero-order valence-corrected chi connectivity index (χ0v) is 11.2. The number of hydrogen-bond donors (Lipinski definition) is 1. The summed E-state index contributed by atoms with van der Waals surface area (Å²) < 4.78 is 38.0. The number of benzene rings is 1. The summed E-state index contributed by atoms with van der Waals surface area (Å²) >= 11 is 5.70. The molecule has 0 radical (unpaired) electrons. The van der Waals surface area contributed by atoms with E-state index in [1.54, 1.807) is 13.0 Å². The number of alkyl halides is 3. The SMILES string of the molecule is CC(Nc1cncc(Cl)n1)c1cccc(C(F)(F)F)c1. The molecular formula is C13H11ClF3N3. The number of hydrogen-bond acceptors (Lipinski definition) is 3. The van der Waals surface area contributed by atoms with Crippen molar-refractivity contribution in [2.24, 2.45) is 0 Å². The van der Waals surface area contributed by atoms with Gasteiger partial charge in [0.15, 0.2) is 0 Å². The molecule has 106 valence electrons. The fourth-order valence-electron chi connectivity index (χ4n) is 1.70. The van der Waals surface area contributed by atoms with Crippen LogP contribution < -0.4 is 5.32 Å². The van der Waals surface area contributed by atoms with E-state index in [1.165, 1.54) is 18.5 Å². The minimum absolute atomic E-state index is 0.214. The molecular weight excluding hydrogens is 291 g/mol. The maximum Gasteiger partial charge on any atom is 0.416 e. The first-order chi connectivity index (χ1) is 9.36. The molecule has 0 fully saturated rings. The average molecular weight is 302 g/mol. The van der Waals surface area contributed by atoms with Crippen LogP contribution in [0.1, 0.15) is 24.1 Å². The Labute approximate surface area is 118 Å². The van der Waals surface area contributed by atoms with Gasteiger partial charge in [-0.25, -0.2) is 4.98 Å². The van der Waals surface area contributed by atoms with Crippen molar-refractivity contribution in [3.8, 4) is 0 Å². The Bertz CT molecular complexity index is 601. The van der Waals surface area contributed by atoms with E-state index >= 15 is 0 Å². The van der Waals surface area contributed by atoms with Gasteiger partial charge in [-0.3, -0.25) is 4.98 Å². The molecule has 1 aromatic heterocycles. The van der Waals surface area contributed by atoms with Gasteiger partial charge >= 0.3 is 6.18 Å². The fourth-order valence-corrected chi connectivity index (χ4v) is 1.85. The Morgan fingerprint density at radius 1 is 1.25 bits per heavy atom. The molecule has 3 nitrogen and oxygen atoms in total. The van der Waals surface area contributed by atoms with Gasteiger partial charge in [-0.05, 0) is 24.6 Å². The van der Waals surface area contributed by atoms with Crippen molar-refractivity contribution in [1.29, 1.82) is 0 Å². The first-order valence-corrected chi connectivity index (χ1v) is 6.15. The van der Waals surface area contributed by atoms with Crippen LogP contribution in [0.3, 0.4) is 0 Å². The molecule has 1 heterocycles. The van der Waals surface area contributed by atoms with Crippen molar-refractivity contribution in [2.75, 3.05) is 5.32 Å². The third-order valence-electron chi connectivity index (χ3n) is 2.68. The molecule has 0 amide bonds. The van der Waals surface area contributed by atoms with Gasteiger partial charge in [0, 0.05) is 0 Å². The molecule has 7 heteroatoms. The van der Waals surface area contributed by atoms with E-state index < -0.39 is 11.7 Å². The molecule has 1 unspecified atom stereocenters. The molecule has 2 aromatic rings. The summed E-state index contributed by atoms with van der Waals surface area (Å²) in [5.41, 5.74) is -0.178. The summed E-state index contributed by atoms with van der Waals surface area (Å²) in [5, 5.41) is 3.17. The number of nitrogens with zero attached hydrogens (tertiary/aromatic N) is 2. The van der Waals surface area contributed by atoms with Crippen molar-refractivity contribution >= 4 is 17.4 Å². The molecule has 1 aromatic carbocycles. The van der Waals surface area contributed by atoms with Gasteiger partial charge in [0.25, 0.3) is 0 Å². The van der Waals surface area contributed by atoms with Gasteiger partial charge in [-0.2, -0.15) is 13.2 Å². The summed E-state index contributed by atoms with van der Waals surface area (Å²) in [6.07, 6.45) is -1.52. The Hall–Kier alpha value is -1.82. The predicted molar refractivity (Wildman–Crippen MR) is 70.5 cm³/mol. The topological polar surface area (TPSA) is 37.8 Å². The molecule has 2 rings (SSSR count). The summed E-state index contributed by atoms with van der Waals surface area (Å²) in [6.45, 7) is 1.73. The van der Waals surface area contributed by atoms with Crippen LogP contribution in [-0.4, -0.2) is 9.97 Å². The first-order valence-electron chi connectivity index (χ1n) is 5.77. The van der Waals surface area contributed by atoms with Crippen LogP contribution in [-0.2, 0) is 6.18 Å². The van der Waals surface area contributed by atoms with Crippen molar-refractivity contribution < 1.29 is 13.2 Å². The van der Waals surface area contributed by atoms with Crippen molar-refractivity contribution in [3.05, 3.63) is 52.9 Å². The number of nitrogens with one attached hydrogen (secondary N) is 1. The molecule has 0 saturated carbocycles. The molecule has 0 bridgehead atoms. The minimum atomic E-state index is -4.36. The van der Waals surface area contributed by atoms with Crippen molar-refractivity contribution in [3.63, 3.8) is 0 Å². The van der Waals surface area contributed by atoms with E-state index in [4.69, 9.17) is 11.6 Å². The molecule has 0 spiro atoms. The highest BCUT2D eigenvalue weighted by Crippen LogP contribution is 2.31. The number of anilines is 1. The zero-order valence-electron chi connectivity index (χ0n) is 10.4. The Kier molecular flexibility index (Phi) is 4.13. The van der Waals surface area contributed by atoms with Crippen molar-refractivity contribution in [1.82, 2.24) is 9.97 Å². The van der Waals surface area contributed by atoms with Crippen LogP contribution >= 0.6 is 11.6 Å². The van der Waals surface area contributed by atoms with E-state index in [1.807, 2.05) is 0 Å². The lowest BCUT2D eigenvalue weighted by atomic mass is 10.0. The molecule has 0 aliphatic heterocycles. The lowest BCUT2D eigenvalue weighted by molar-refractivity contribution is -0.137. The lowest BCUT2D eigenvalue weighted by Crippen LogP contribution is -2.11. The number of aromatic nitrogens is 2. The van der Waals surface area contributed by atoms with Gasteiger partial charge in [0.05, 0.1) is 24.0 Å². The van der Waals surface area contributed by atoms with E-state index in [9.17, 15) is 13.2 Å². The van der Waals surface area contributed by atoms with Crippen LogP contribution in [0.2, 0.25) is 5.15 Å². The Balaban J connectivity index is 2.19. The van der Waals surface area contributed by atoms with Crippen LogP contribution in [0.5, 0.6) is 0 Å². The smallest absolute Gasteiger partial charge is 0.362 e. The third kappa shape index (κ3) is 3.60. The standard InChI is InChI=1S/C13H11ClF3N3/c1-8(19-12-7-18-6-11(14)20-12)9-3-2-4-10(5-9)13(15,16)17/h2-8H,1H3,(H,19,20). The highest BCUT2D eigenvalue weighted by atomic mass is 35.5. The summed E-state index contributed by atoms with van der Waals surface area (Å²) in [4.78, 5) is 7.83. The highest BCUT2D eigenvalue weighted by Gasteiger charge is 2.30. The second-order valence-electron chi connectivity index (χ2n) is 4.22. The van der Waals surface area contributed by atoms with Gasteiger partial charge in [0.1, 0.15) is 11.0 Å². The van der Waals surface area contributed by atoms with Crippen LogP contribution in [0.4, 0.5) is 19.0 Å².